The molecule has 0 heterocycles. The Hall–Kier alpha value is -1.25. The predicted molar refractivity (Wildman–Crippen MR) is 61.0 cm³/mol. The van der Waals surface area contributed by atoms with Gasteiger partial charge in [-0.05, 0) is 18.6 Å². The van der Waals surface area contributed by atoms with Crippen molar-refractivity contribution in [3.05, 3.63) is 24.0 Å². The summed E-state index contributed by atoms with van der Waals surface area (Å²) in [7, 11) is 1.47. The van der Waals surface area contributed by atoms with Crippen LogP contribution in [0, 0.1) is 5.82 Å². The van der Waals surface area contributed by atoms with E-state index in [9.17, 15) is 4.39 Å². The predicted octanol–water partition coefficient (Wildman–Crippen LogP) is 3.44. The third kappa shape index (κ3) is 3.78. The SMILES string of the molecule is CCCCCNc1ccc(OC)c(F)c1. The van der Waals surface area contributed by atoms with Crippen molar-refractivity contribution in [3.63, 3.8) is 0 Å². The molecule has 0 aromatic heterocycles. The Labute approximate surface area is 90.4 Å². The van der Waals surface area contributed by atoms with E-state index in [0.717, 1.165) is 18.7 Å². The Kier molecular flexibility index (Phi) is 4.95. The zero-order valence-electron chi connectivity index (χ0n) is 9.35. The molecule has 84 valence electrons. The Balaban J connectivity index is 2.45. The van der Waals surface area contributed by atoms with E-state index in [1.807, 2.05) is 6.07 Å². The fourth-order valence-electron chi connectivity index (χ4n) is 1.38. The monoisotopic (exact) mass is 211 g/mol. The molecule has 1 N–H and O–H groups in total. The standard InChI is InChI=1S/C12H18FNO/c1-3-4-5-8-14-10-6-7-12(15-2)11(13)9-10/h6-7,9,14H,3-5,8H2,1-2H3. The number of hydrogen-bond donors (Lipinski definition) is 1. The number of benzene rings is 1. The van der Waals surface area contributed by atoms with Crippen LogP contribution >= 0.6 is 0 Å². The first-order valence-corrected chi connectivity index (χ1v) is 5.35. The van der Waals surface area contributed by atoms with Gasteiger partial charge >= 0.3 is 0 Å². The highest BCUT2D eigenvalue weighted by Crippen LogP contribution is 2.20. The number of unbranched alkanes of at least 4 members (excludes halogenated alkanes) is 2. The highest BCUT2D eigenvalue weighted by molar-refractivity contribution is 5.47. The lowest BCUT2D eigenvalue weighted by atomic mass is 10.2. The molecule has 0 spiro atoms. The van der Waals surface area contributed by atoms with E-state index in [4.69, 9.17) is 4.74 Å². The van der Waals surface area contributed by atoms with Gasteiger partial charge in [0.2, 0.25) is 0 Å². The normalized spacial score (nSPS) is 10.1. The number of hydrogen-bond acceptors (Lipinski definition) is 2. The van der Waals surface area contributed by atoms with Crippen molar-refractivity contribution >= 4 is 5.69 Å². The molecule has 0 fully saturated rings. The lowest BCUT2D eigenvalue weighted by Crippen LogP contribution is -2.01. The molecule has 0 saturated carbocycles. The van der Waals surface area contributed by atoms with Gasteiger partial charge in [-0.3, -0.25) is 0 Å². The fraction of sp³-hybridized carbons (Fsp3) is 0.500. The topological polar surface area (TPSA) is 21.3 Å². The number of rotatable bonds is 6. The molecule has 0 unspecified atom stereocenters. The van der Waals surface area contributed by atoms with Crippen LogP contribution in [-0.2, 0) is 0 Å². The molecular formula is C12H18FNO. The molecule has 0 atom stereocenters. The summed E-state index contributed by atoms with van der Waals surface area (Å²) in [6.07, 6.45) is 3.51. The van der Waals surface area contributed by atoms with Gasteiger partial charge in [-0.15, -0.1) is 0 Å². The fourth-order valence-corrected chi connectivity index (χ4v) is 1.38. The number of anilines is 1. The Morgan fingerprint density at radius 3 is 2.73 bits per heavy atom. The summed E-state index contributed by atoms with van der Waals surface area (Å²) in [5.74, 6) is -0.0351. The quantitative estimate of drug-likeness (QED) is 0.728. The highest BCUT2D eigenvalue weighted by Gasteiger charge is 2.02. The third-order valence-corrected chi connectivity index (χ3v) is 2.26. The molecule has 0 saturated heterocycles. The summed E-state index contributed by atoms with van der Waals surface area (Å²) in [5, 5.41) is 3.18. The minimum atomic E-state index is -0.321. The zero-order chi connectivity index (χ0) is 11.1. The van der Waals surface area contributed by atoms with Crippen molar-refractivity contribution in [1.82, 2.24) is 0 Å². The van der Waals surface area contributed by atoms with Crippen molar-refractivity contribution in [3.8, 4) is 5.75 Å². The van der Waals surface area contributed by atoms with Gasteiger partial charge in [-0.2, -0.15) is 0 Å². The molecule has 1 aromatic carbocycles. The minimum absolute atomic E-state index is 0.286. The van der Waals surface area contributed by atoms with Crippen LogP contribution in [-0.4, -0.2) is 13.7 Å². The second-order valence-electron chi connectivity index (χ2n) is 3.48. The van der Waals surface area contributed by atoms with Crippen molar-refractivity contribution in [2.75, 3.05) is 19.0 Å². The van der Waals surface area contributed by atoms with Gasteiger partial charge in [-0.1, -0.05) is 19.8 Å². The first-order valence-electron chi connectivity index (χ1n) is 5.35. The molecule has 0 amide bonds. The van der Waals surface area contributed by atoms with Crippen LogP contribution in [0.5, 0.6) is 5.75 Å². The zero-order valence-corrected chi connectivity index (χ0v) is 9.35. The van der Waals surface area contributed by atoms with Crippen LogP contribution in [0.25, 0.3) is 0 Å². The van der Waals surface area contributed by atoms with Gasteiger partial charge in [0.15, 0.2) is 11.6 Å². The van der Waals surface area contributed by atoms with Crippen molar-refractivity contribution < 1.29 is 9.13 Å². The smallest absolute Gasteiger partial charge is 0.167 e. The maximum Gasteiger partial charge on any atom is 0.167 e. The molecule has 0 aliphatic rings. The molecule has 1 aromatic rings. The second kappa shape index (κ2) is 6.27. The summed E-state index contributed by atoms with van der Waals surface area (Å²) < 4.78 is 18.1. The van der Waals surface area contributed by atoms with Crippen LogP contribution in [0.4, 0.5) is 10.1 Å². The molecule has 1 rings (SSSR count). The summed E-state index contributed by atoms with van der Waals surface area (Å²) in [6.45, 7) is 3.05. The minimum Gasteiger partial charge on any atom is -0.494 e. The number of ether oxygens (including phenoxy) is 1. The maximum absolute atomic E-state index is 13.3. The lowest BCUT2D eigenvalue weighted by Gasteiger charge is -2.07. The first kappa shape index (κ1) is 11.8. The number of halogens is 1. The van der Waals surface area contributed by atoms with E-state index >= 15 is 0 Å². The molecule has 0 aliphatic carbocycles. The van der Waals surface area contributed by atoms with E-state index in [1.54, 1.807) is 6.07 Å². The van der Waals surface area contributed by atoms with Gasteiger partial charge < -0.3 is 10.1 Å². The van der Waals surface area contributed by atoms with Gasteiger partial charge in [0.1, 0.15) is 0 Å². The Morgan fingerprint density at radius 2 is 2.13 bits per heavy atom. The van der Waals surface area contributed by atoms with Crippen LogP contribution in [0.1, 0.15) is 26.2 Å². The van der Waals surface area contributed by atoms with Gasteiger partial charge in [0.05, 0.1) is 7.11 Å². The van der Waals surface area contributed by atoms with E-state index in [-0.39, 0.29) is 11.6 Å². The van der Waals surface area contributed by atoms with Crippen molar-refractivity contribution in [2.24, 2.45) is 0 Å². The van der Waals surface area contributed by atoms with E-state index in [0.29, 0.717) is 0 Å². The Bertz CT molecular complexity index is 302. The lowest BCUT2D eigenvalue weighted by molar-refractivity contribution is 0.386. The first-order chi connectivity index (χ1) is 7.27. The highest BCUT2D eigenvalue weighted by atomic mass is 19.1. The molecule has 0 aliphatic heterocycles. The van der Waals surface area contributed by atoms with E-state index in [1.165, 1.54) is 26.0 Å². The van der Waals surface area contributed by atoms with E-state index < -0.39 is 0 Å². The average Bonchev–Trinajstić information content (AvgIpc) is 2.25. The summed E-state index contributed by atoms with van der Waals surface area (Å²) in [5.41, 5.74) is 0.810. The Morgan fingerprint density at radius 1 is 1.33 bits per heavy atom. The molecule has 0 bridgehead atoms. The van der Waals surface area contributed by atoms with Crippen molar-refractivity contribution in [2.45, 2.75) is 26.2 Å². The molecule has 2 nitrogen and oxygen atoms in total. The van der Waals surface area contributed by atoms with Crippen molar-refractivity contribution in [1.29, 1.82) is 0 Å². The average molecular weight is 211 g/mol. The number of nitrogens with one attached hydrogen (secondary N) is 1. The van der Waals surface area contributed by atoms with Gasteiger partial charge in [0.25, 0.3) is 0 Å². The van der Waals surface area contributed by atoms with Crippen LogP contribution in [0.3, 0.4) is 0 Å². The molecule has 15 heavy (non-hydrogen) atoms. The number of methoxy groups -OCH3 is 1. The molecule has 0 radical (unpaired) electrons. The van der Waals surface area contributed by atoms with Crippen LogP contribution in [0.2, 0.25) is 0 Å². The largest absolute Gasteiger partial charge is 0.494 e. The van der Waals surface area contributed by atoms with Crippen LogP contribution in [0.15, 0.2) is 18.2 Å². The van der Waals surface area contributed by atoms with Crippen LogP contribution < -0.4 is 10.1 Å². The van der Waals surface area contributed by atoms with E-state index in [2.05, 4.69) is 12.2 Å². The summed E-state index contributed by atoms with van der Waals surface area (Å²) in [6, 6.07) is 4.93. The summed E-state index contributed by atoms with van der Waals surface area (Å²) in [4.78, 5) is 0. The maximum atomic E-state index is 13.3. The van der Waals surface area contributed by atoms with Gasteiger partial charge in [0, 0.05) is 18.3 Å². The third-order valence-electron chi connectivity index (χ3n) is 2.26. The molecular weight excluding hydrogens is 193 g/mol. The van der Waals surface area contributed by atoms with Gasteiger partial charge in [-0.25, -0.2) is 4.39 Å². The summed E-state index contributed by atoms with van der Waals surface area (Å²) >= 11 is 0. The molecule has 3 heteroatoms. The second-order valence-corrected chi connectivity index (χ2v) is 3.48.